The van der Waals surface area contributed by atoms with Gasteiger partial charge in [-0.25, -0.2) is 4.79 Å². The third-order valence-corrected chi connectivity index (χ3v) is 9.50. The van der Waals surface area contributed by atoms with Gasteiger partial charge in [-0.1, -0.05) is 12.8 Å². The molecule has 15 nitrogen and oxygen atoms in total. The average molecular weight is 740 g/mol. The van der Waals surface area contributed by atoms with E-state index in [-0.39, 0.29) is 46.4 Å². The number of amides is 1. The first-order valence-electron chi connectivity index (χ1n) is 14.9. The molecule has 0 bridgehead atoms. The molecule has 2 aromatic rings. The van der Waals surface area contributed by atoms with E-state index in [0.29, 0.717) is 25.7 Å². The van der Waals surface area contributed by atoms with Gasteiger partial charge in [0.05, 0.1) is 36.4 Å². The number of nitrogen functional groups attached to an aromatic ring is 1. The number of hydrogen-bond donors (Lipinski definition) is 6. The van der Waals surface area contributed by atoms with Crippen molar-refractivity contribution in [1.82, 2.24) is 5.32 Å². The van der Waals surface area contributed by atoms with E-state index in [1.165, 1.54) is 24.3 Å². The van der Waals surface area contributed by atoms with E-state index in [1.807, 2.05) is 0 Å². The molecule has 264 valence electrons. The average Bonchev–Trinajstić information content (AvgIpc) is 3.02. The summed E-state index contributed by atoms with van der Waals surface area (Å²) in [7, 11) is -10.3. The van der Waals surface area contributed by atoms with Crippen molar-refractivity contribution in [3.05, 3.63) is 58.9 Å². The molecule has 2 aromatic carbocycles. The molecule has 1 amide bonds. The minimum Gasteiger partial charge on any atom is -0.478 e. The number of aromatic carboxylic acids is 1. The number of ether oxygens (including phenoxy) is 2. The molecule has 7 N–H and O–H groups in total. The molecule has 1 aliphatic heterocycles. The Hall–Kier alpha value is -4.10. The minimum atomic E-state index is -5.19. The Labute approximate surface area is 286 Å². The van der Waals surface area contributed by atoms with Crippen LogP contribution < -0.4 is 16.4 Å². The zero-order chi connectivity index (χ0) is 35.9. The van der Waals surface area contributed by atoms with Crippen LogP contribution in [-0.2, 0) is 29.7 Å². The Kier molecular flexibility index (Phi) is 12.4. The molecule has 0 saturated carbocycles. The first kappa shape index (κ1) is 37.7. The summed E-state index contributed by atoms with van der Waals surface area (Å²) < 4.78 is 86.3. The lowest BCUT2D eigenvalue weighted by Gasteiger charge is -2.20. The van der Waals surface area contributed by atoms with Gasteiger partial charge < -0.3 is 30.0 Å². The van der Waals surface area contributed by atoms with Crippen LogP contribution in [0.1, 0.15) is 46.4 Å². The number of anilines is 1. The number of carbonyl (C=O) groups is 2. The zero-order valence-corrected chi connectivity index (χ0v) is 28.3. The molecule has 0 unspecified atom stereocenters. The number of alkyl halides is 1. The standard InChI is InChI=1S/C31H34ClN3O12S2/c32-11-3-1-2-4-13-45-15-16-46-14-12-35-30(36)18-5-6-19(31(37)38)22(17-18)25-20-7-9-23(33)28(48(39,40)41)26(20)47-27-21(25)8-10-24(34)29(27)49(42,43)44/h5-10,17,33H,1-4,11-16,34H2,(H,35,36)(H,37,38)(H,39,40,41)(H,42,43,44). The van der Waals surface area contributed by atoms with Crippen LogP contribution in [0, 0.1) is 5.41 Å². The van der Waals surface area contributed by atoms with E-state index in [1.54, 1.807) is 0 Å². The van der Waals surface area contributed by atoms with Crippen molar-refractivity contribution in [1.29, 1.82) is 5.41 Å². The van der Waals surface area contributed by atoms with Crippen LogP contribution in [0.2, 0.25) is 0 Å². The third kappa shape index (κ3) is 8.93. The fourth-order valence-corrected chi connectivity index (χ4v) is 6.86. The van der Waals surface area contributed by atoms with Gasteiger partial charge in [0.25, 0.3) is 26.1 Å². The predicted molar refractivity (Wildman–Crippen MR) is 178 cm³/mol. The van der Waals surface area contributed by atoms with Gasteiger partial charge in [-0.3, -0.25) is 19.3 Å². The molecule has 0 saturated heterocycles. The summed E-state index contributed by atoms with van der Waals surface area (Å²) in [4.78, 5) is 23.5. The highest BCUT2D eigenvalue weighted by Crippen LogP contribution is 2.45. The molecule has 0 fully saturated rings. The highest BCUT2D eigenvalue weighted by atomic mass is 35.5. The molecule has 2 aliphatic rings. The first-order chi connectivity index (χ1) is 23.2. The van der Waals surface area contributed by atoms with E-state index in [2.05, 4.69) is 5.32 Å². The van der Waals surface area contributed by atoms with Crippen molar-refractivity contribution >= 4 is 60.4 Å². The molecular formula is C31H34ClN3O12S2. The maximum absolute atomic E-state index is 13.1. The maximum atomic E-state index is 13.1. The van der Waals surface area contributed by atoms with Crippen molar-refractivity contribution in [2.75, 3.05) is 44.6 Å². The molecular weight excluding hydrogens is 706 g/mol. The molecule has 49 heavy (non-hydrogen) atoms. The number of carboxylic acid groups (broad SMARTS) is 1. The van der Waals surface area contributed by atoms with E-state index in [4.69, 9.17) is 36.6 Å². The van der Waals surface area contributed by atoms with E-state index in [9.17, 15) is 40.6 Å². The number of carboxylic acids is 1. The second-order valence-corrected chi connectivity index (χ2v) is 13.9. The highest BCUT2D eigenvalue weighted by Gasteiger charge is 2.32. The van der Waals surface area contributed by atoms with Gasteiger partial charge in [0.1, 0.15) is 0 Å². The molecule has 4 rings (SSSR count). The largest absolute Gasteiger partial charge is 0.478 e. The SMILES string of the molecule is N=c1ccc2c(-c3cc(C(=O)NCCOCCOCCCCCCCl)ccc3C(=O)O)c3ccc(N)c(S(=O)(=O)O)c3oc-2c1S(=O)(=O)O. The van der Waals surface area contributed by atoms with Crippen LogP contribution in [0.25, 0.3) is 33.4 Å². The Morgan fingerprint density at radius 3 is 2.18 bits per heavy atom. The smallest absolute Gasteiger partial charge is 0.336 e. The van der Waals surface area contributed by atoms with Gasteiger partial charge >= 0.3 is 5.97 Å². The molecule has 0 aromatic heterocycles. The van der Waals surface area contributed by atoms with Crippen LogP contribution in [0.3, 0.4) is 0 Å². The third-order valence-electron chi connectivity index (χ3n) is 7.37. The summed E-state index contributed by atoms with van der Waals surface area (Å²) >= 11 is 5.66. The Morgan fingerprint density at radius 1 is 0.857 bits per heavy atom. The molecule has 18 heteroatoms. The minimum absolute atomic E-state index is 0.0304. The lowest BCUT2D eigenvalue weighted by Crippen LogP contribution is -2.27. The van der Waals surface area contributed by atoms with Crippen molar-refractivity contribution in [2.24, 2.45) is 0 Å². The summed E-state index contributed by atoms with van der Waals surface area (Å²) in [6.07, 6.45) is 3.96. The van der Waals surface area contributed by atoms with Crippen LogP contribution in [-0.4, -0.2) is 81.8 Å². The normalized spacial score (nSPS) is 12.1. The Morgan fingerprint density at radius 2 is 1.53 bits per heavy atom. The summed E-state index contributed by atoms with van der Waals surface area (Å²) in [5.41, 5.74) is 3.72. The molecule has 0 atom stereocenters. The van der Waals surface area contributed by atoms with E-state index >= 15 is 0 Å². The number of halogens is 1. The molecule has 0 radical (unpaired) electrons. The lowest BCUT2D eigenvalue weighted by molar-refractivity contribution is 0.0468. The molecule has 1 aliphatic carbocycles. The van der Waals surface area contributed by atoms with Gasteiger partial charge in [-0.15, -0.1) is 11.6 Å². The van der Waals surface area contributed by atoms with Crippen molar-refractivity contribution < 1.29 is 54.5 Å². The number of rotatable bonds is 17. The number of nitrogens with two attached hydrogens (primary N) is 1. The number of hydrogen-bond acceptors (Lipinski definition) is 11. The zero-order valence-electron chi connectivity index (χ0n) is 25.9. The van der Waals surface area contributed by atoms with Gasteiger partial charge in [-0.05, 0) is 60.9 Å². The van der Waals surface area contributed by atoms with Crippen LogP contribution >= 0.6 is 11.6 Å². The molecule has 0 spiro atoms. The van der Waals surface area contributed by atoms with Gasteiger partial charge in [0.15, 0.2) is 21.1 Å². The predicted octanol–water partition coefficient (Wildman–Crippen LogP) is 4.02. The van der Waals surface area contributed by atoms with Gasteiger partial charge in [0, 0.05) is 41.1 Å². The maximum Gasteiger partial charge on any atom is 0.336 e. The van der Waals surface area contributed by atoms with Crippen LogP contribution in [0.15, 0.2) is 56.7 Å². The highest BCUT2D eigenvalue weighted by molar-refractivity contribution is 7.86. The van der Waals surface area contributed by atoms with Crippen molar-refractivity contribution in [2.45, 2.75) is 35.5 Å². The number of carbonyl (C=O) groups excluding carboxylic acids is 1. The summed E-state index contributed by atoms with van der Waals surface area (Å²) in [6, 6.07) is 8.12. The van der Waals surface area contributed by atoms with Crippen molar-refractivity contribution in [3.8, 4) is 22.5 Å². The van der Waals surface area contributed by atoms with Gasteiger partial charge in [-0.2, -0.15) is 16.8 Å². The number of nitrogens with one attached hydrogen (secondary N) is 2. The summed E-state index contributed by atoms with van der Waals surface area (Å²) in [6.45, 7) is 1.51. The van der Waals surface area contributed by atoms with Crippen LogP contribution in [0.5, 0.6) is 0 Å². The first-order valence-corrected chi connectivity index (χ1v) is 18.3. The topological polar surface area (TPSA) is 257 Å². The second kappa shape index (κ2) is 16.1. The van der Waals surface area contributed by atoms with E-state index in [0.717, 1.165) is 43.9 Å². The summed E-state index contributed by atoms with van der Waals surface area (Å²) in [5, 5.41) is 20.0. The number of benzene rings is 3. The molecule has 1 heterocycles. The number of fused-ring (bicyclic) bond motifs is 2. The second-order valence-electron chi connectivity index (χ2n) is 10.8. The van der Waals surface area contributed by atoms with Crippen molar-refractivity contribution in [3.63, 3.8) is 0 Å². The monoisotopic (exact) mass is 739 g/mol. The Balaban J connectivity index is 1.71. The quantitative estimate of drug-likeness (QED) is 0.0294. The summed E-state index contributed by atoms with van der Waals surface area (Å²) in [5.74, 6) is -2.18. The van der Waals surface area contributed by atoms with E-state index < -0.39 is 64.3 Å². The fraction of sp³-hybridized carbons (Fsp3) is 0.323. The number of unbranched alkanes of at least 4 members (excludes halogenated alkanes) is 3. The fourth-order valence-electron chi connectivity index (χ4n) is 5.19. The lowest BCUT2D eigenvalue weighted by atomic mass is 9.89. The van der Waals surface area contributed by atoms with Gasteiger partial charge in [0.2, 0.25) is 0 Å². The van der Waals surface area contributed by atoms with Crippen LogP contribution in [0.4, 0.5) is 5.69 Å². The Bertz CT molecular complexity index is 2120.